The number of hydrogen-bond acceptors (Lipinski definition) is 3. The summed E-state index contributed by atoms with van der Waals surface area (Å²) in [6.45, 7) is 3.80. The predicted molar refractivity (Wildman–Crippen MR) is 55.3 cm³/mol. The van der Waals surface area contributed by atoms with Crippen molar-refractivity contribution in [2.75, 3.05) is 0 Å². The Balaban J connectivity index is 2.70. The van der Waals surface area contributed by atoms with Gasteiger partial charge in [0.15, 0.2) is 11.5 Å². The normalized spacial score (nSPS) is 13.4. The highest BCUT2D eigenvalue weighted by atomic mass is 35.5. The Bertz CT molecular complexity index is 475. The van der Waals surface area contributed by atoms with E-state index in [4.69, 9.17) is 17.3 Å². The molecule has 1 atom stereocenters. The number of nitrogens with two attached hydrogens (primary N) is 1. The molecular formula is C9H11ClN4. The molecule has 0 aliphatic carbocycles. The minimum atomic E-state index is -0.175. The minimum Gasteiger partial charge on any atom is -0.321 e. The summed E-state index contributed by atoms with van der Waals surface area (Å²) in [4.78, 5) is 4.25. The Morgan fingerprint density at radius 2 is 2.29 bits per heavy atom. The molecule has 2 N–H and O–H groups in total. The van der Waals surface area contributed by atoms with E-state index in [1.807, 2.05) is 26.1 Å². The lowest BCUT2D eigenvalue weighted by Crippen LogP contribution is -2.07. The van der Waals surface area contributed by atoms with E-state index in [2.05, 4.69) is 10.1 Å². The maximum Gasteiger partial charge on any atom is 0.174 e. The molecule has 14 heavy (non-hydrogen) atoms. The van der Waals surface area contributed by atoms with Gasteiger partial charge in [0.05, 0.1) is 11.1 Å². The lowest BCUT2D eigenvalue weighted by molar-refractivity contribution is 0.733. The number of halogens is 1. The fourth-order valence-corrected chi connectivity index (χ4v) is 1.58. The van der Waals surface area contributed by atoms with Gasteiger partial charge in [0.1, 0.15) is 0 Å². The van der Waals surface area contributed by atoms with Gasteiger partial charge in [0, 0.05) is 6.20 Å². The molecule has 74 valence electrons. The number of pyridine rings is 1. The highest BCUT2D eigenvalue weighted by Gasteiger charge is 2.10. The van der Waals surface area contributed by atoms with Crippen LogP contribution >= 0.6 is 11.6 Å². The summed E-state index contributed by atoms with van der Waals surface area (Å²) in [6.07, 6.45) is 1.88. The van der Waals surface area contributed by atoms with Gasteiger partial charge >= 0.3 is 0 Å². The van der Waals surface area contributed by atoms with Crippen LogP contribution in [0.5, 0.6) is 0 Å². The Labute approximate surface area is 86.7 Å². The van der Waals surface area contributed by atoms with Gasteiger partial charge in [-0.2, -0.15) is 0 Å². The van der Waals surface area contributed by atoms with Crippen LogP contribution in [0, 0.1) is 6.92 Å². The molecule has 4 nitrogen and oxygen atoms in total. The zero-order valence-corrected chi connectivity index (χ0v) is 8.78. The number of hydrogen-bond donors (Lipinski definition) is 1. The monoisotopic (exact) mass is 210 g/mol. The molecule has 0 aliphatic rings. The van der Waals surface area contributed by atoms with Crippen molar-refractivity contribution >= 4 is 17.2 Å². The summed E-state index contributed by atoms with van der Waals surface area (Å²) in [5.74, 6) is 0.609. The molecule has 2 aromatic rings. The van der Waals surface area contributed by atoms with Crippen LogP contribution in [0.2, 0.25) is 5.02 Å². The van der Waals surface area contributed by atoms with E-state index in [9.17, 15) is 0 Å². The van der Waals surface area contributed by atoms with E-state index in [-0.39, 0.29) is 6.04 Å². The quantitative estimate of drug-likeness (QED) is 0.780. The van der Waals surface area contributed by atoms with E-state index in [0.29, 0.717) is 16.5 Å². The minimum absolute atomic E-state index is 0.175. The summed E-state index contributed by atoms with van der Waals surface area (Å²) < 4.78 is 1.66. The van der Waals surface area contributed by atoms with E-state index >= 15 is 0 Å². The first-order valence-corrected chi connectivity index (χ1v) is 4.73. The molecule has 0 radical (unpaired) electrons. The second-order valence-electron chi connectivity index (χ2n) is 3.39. The lowest BCUT2D eigenvalue weighted by Gasteiger charge is -1.95. The molecule has 0 saturated heterocycles. The Morgan fingerprint density at radius 3 is 2.93 bits per heavy atom. The Kier molecular flexibility index (Phi) is 2.17. The topological polar surface area (TPSA) is 56.2 Å². The second-order valence-corrected chi connectivity index (χ2v) is 3.80. The van der Waals surface area contributed by atoms with E-state index < -0.39 is 0 Å². The van der Waals surface area contributed by atoms with Crippen LogP contribution in [0.4, 0.5) is 0 Å². The largest absolute Gasteiger partial charge is 0.321 e. The zero-order valence-electron chi connectivity index (χ0n) is 8.03. The van der Waals surface area contributed by atoms with Gasteiger partial charge in [-0.15, -0.1) is 5.10 Å². The first-order chi connectivity index (χ1) is 6.58. The SMILES string of the molecule is Cc1cc(Cl)c2nc(C(C)N)nn2c1. The molecule has 0 aliphatic heterocycles. The third-order valence-electron chi connectivity index (χ3n) is 1.95. The van der Waals surface area contributed by atoms with E-state index in [1.54, 1.807) is 4.52 Å². The van der Waals surface area contributed by atoms with Crippen LogP contribution < -0.4 is 5.73 Å². The first-order valence-electron chi connectivity index (χ1n) is 4.36. The number of aromatic nitrogens is 3. The van der Waals surface area contributed by atoms with Crippen LogP contribution in [0.15, 0.2) is 12.3 Å². The molecule has 0 bridgehead atoms. The number of aryl methyl sites for hydroxylation is 1. The van der Waals surface area contributed by atoms with E-state index in [1.165, 1.54) is 0 Å². The Morgan fingerprint density at radius 1 is 1.57 bits per heavy atom. The van der Waals surface area contributed by atoms with Crippen molar-refractivity contribution < 1.29 is 0 Å². The van der Waals surface area contributed by atoms with Gasteiger partial charge in [-0.25, -0.2) is 9.50 Å². The predicted octanol–water partition coefficient (Wildman–Crippen LogP) is 1.71. The zero-order chi connectivity index (χ0) is 10.3. The van der Waals surface area contributed by atoms with Crippen LogP contribution in [-0.4, -0.2) is 14.6 Å². The van der Waals surface area contributed by atoms with Crippen molar-refractivity contribution in [3.63, 3.8) is 0 Å². The molecule has 2 aromatic heterocycles. The third kappa shape index (κ3) is 1.47. The molecular weight excluding hydrogens is 200 g/mol. The maximum atomic E-state index is 6.02. The molecule has 0 saturated carbocycles. The average molecular weight is 211 g/mol. The molecule has 2 rings (SSSR count). The Hall–Kier alpha value is -1.13. The highest BCUT2D eigenvalue weighted by molar-refractivity contribution is 6.33. The smallest absolute Gasteiger partial charge is 0.174 e. The molecule has 0 aromatic carbocycles. The summed E-state index contributed by atoms with van der Waals surface area (Å²) in [5.41, 5.74) is 7.39. The second kappa shape index (κ2) is 3.22. The van der Waals surface area contributed by atoms with Crippen LogP contribution in [0.3, 0.4) is 0 Å². The van der Waals surface area contributed by atoms with Gasteiger partial charge in [0.2, 0.25) is 0 Å². The van der Waals surface area contributed by atoms with Crippen molar-refractivity contribution in [2.45, 2.75) is 19.9 Å². The molecule has 5 heteroatoms. The number of nitrogens with zero attached hydrogens (tertiary/aromatic N) is 3. The van der Waals surface area contributed by atoms with Crippen molar-refractivity contribution in [1.82, 2.24) is 14.6 Å². The van der Waals surface area contributed by atoms with Crippen LogP contribution in [-0.2, 0) is 0 Å². The summed E-state index contributed by atoms with van der Waals surface area (Å²) in [6, 6.07) is 1.68. The van der Waals surface area contributed by atoms with Crippen molar-refractivity contribution in [1.29, 1.82) is 0 Å². The fourth-order valence-electron chi connectivity index (χ4n) is 1.28. The van der Waals surface area contributed by atoms with Crippen molar-refractivity contribution in [3.05, 3.63) is 28.7 Å². The molecule has 0 spiro atoms. The summed E-state index contributed by atoms with van der Waals surface area (Å²) in [5, 5.41) is 4.83. The molecule has 0 amide bonds. The average Bonchev–Trinajstić information content (AvgIpc) is 2.47. The van der Waals surface area contributed by atoms with Crippen molar-refractivity contribution in [3.8, 4) is 0 Å². The molecule has 2 heterocycles. The van der Waals surface area contributed by atoms with Crippen LogP contribution in [0.25, 0.3) is 5.65 Å². The maximum absolute atomic E-state index is 6.02. The van der Waals surface area contributed by atoms with Crippen LogP contribution in [0.1, 0.15) is 24.4 Å². The van der Waals surface area contributed by atoms with Gasteiger partial charge in [0.25, 0.3) is 0 Å². The van der Waals surface area contributed by atoms with Gasteiger partial charge < -0.3 is 5.73 Å². The standard InChI is InChI=1S/C9H11ClN4/c1-5-3-7(10)9-12-8(6(2)11)13-14(9)4-5/h3-4,6H,11H2,1-2H3. The molecule has 0 fully saturated rings. The van der Waals surface area contributed by atoms with Crippen molar-refractivity contribution in [2.24, 2.45) is 5.73 Å². The summed E-state index contributed by atoms with van der Waals surface area (Å²) >= 11 is 6.02. The van der Waals surface area contributed by atoms with Gasteiger partial charge in [-0.3, -0.25) is 0 Å². The highest BCUT2D eigenvalue weighted by Crippen LogP contribution is 2.18. The summed E-state index contributed by atoms with van der Waals surface area (Å²) in [7, 11) is 0. The number of rotatable bonds is 1. The third-order valence-corrected chi connectivity index (χ3v) is 2.23. The lowest BCUT2D eigenvalue weighted by atomic mass is 10.3. The molecule has 1 unspecified atom stereocenters. The first kappa shape index (κ1) is 9.43. The van der Waals surface area contributed by atoms with Gasteiger partial charge in [-0.1, -0.05) is 11.6 Å². The fraction of sp³-hybridized carbons (Fsp3) is 0.333. The number of fused-ring (bicyclic) bond motifs is 1. The van der Waals surface area contributed by atoms with Gasteiger partial charge in [-0.05, 0) is 25.5 Å². The van der Waals surface area contributed by atoms with E-state index in [0.717, 1.165) is 5.56 Å².